The molecule has 0 aliphatic carbocycles. The Balaban J connectivity index is 1.43. The number of halogens is 1. The number of carbonyl (C=O) groups excluding carboxylic acids is 2. The van der Waals surface area contributed by atoms with Gasteiger partial charge in [0.25, 0.3) is 5.91 Å². The number of amides is 2. The maximum atomic E-state index is 13.0. The molecule has 1 fully saturated rings. The molecular formula is C25H24FN3O3. The largest absolute Gasteiger partial charge is 0.484 e. The second-order valence-electron chi connectivity index (χ2n) is 7.81. The average molecular weight is 433 g/mol. The summed E-state index contributed by atoms with van der Waals surface area (Å²) in [6.07, 6.45) is 1.80. The van der Waals surface area contributed by atoms with Crippen LogP contribution < -0.4 is 10.5 Å². The highest BCUT2D eigenvalue weighted by molar-refractivity contribution is 5.94. The molecule has 164 valence electrons. The zero-order chi connectivity index (χ0) is 22.5. The Morgan fingerprint density at radius 2 is 1.88 bits per heavy atom. The molecule has 2 N–H and O–H groups in total. The predicted molar refractivity (Wildman–Crippen MR) is 119 cm³/mol. The van der Waals surface area contributed by atoms with Crippen LogP contribution in [-0.4, -0.2) is 41.4 Å². The highest BCUT2D eigenvalue weighted by Crippen LogP contribution is 2.28. The van der Waals surface area contributed by atoms with Crippen LogP contribution in [0.3, 0.4) is 0 Å². The second kappa shape index (κ2) is 9.60. The number of likely N-dealkylation sites (tertiary alicyclic amines) is 1. The molecular weight excluding hydrogens is 409 g/mol. The molecule has 0 radical (unpaired) electrons. The van der Waals surface area contributed by atoms with Gasteiger partial charge in [-0.25, -0.2) is 4.39 Å². The average Bonchev–Trinajstić information content (AvgIpc) is 2.84. The Morgan fingerprint density at radius 3 is 2.66 bits per heavy atom. The van der Waals surface area contributed by atoms with Gasteiger partial charge in [-0.15, -0.1) is 0 Å². The first-order valence-corrected chi connectivity index (χ1v) is 10.5. The monoisotopic (exact) mass is 433 g/mol. The van der Waals surface area contributed by atoms with Gasteiger partial charge in [0, 0.05) is 35.8 Å². The summed E-state index contributed by atoms with van der Waals surface area (Å²) in [5.41, 5.74) is 8.31. The van der Waals surface area contributed by atoms with Gasteiger partial charge in [0.2, 0.25) is 5.91 Å². The van der Waals surface area contributed by atoms with Crippen molar-refractivity contribution in [2.24, 2.45) is 5.73 Å². The van der Waals surface area contributed by atoms with E-state index in [-0.39, 0.29) is 24.2 Å². The van der Waals surface area contributed by atoms with Crippen molar-refractivity contribution in [3.63, 3.8) is 0 Å². The number of nitrogens with two attached hydrogens (primary N) is 1. The van der Waals surface area contributed by atoms with Crippen molar-refractivity contribution < 1.29 is 18.7 Å². The van der Waals surface area contributed by atoms with Crippen molar-refractivity contribution in [2.45, 2.75) is 18.8 Å². The molecule has 3 aromatic rings. The van der Waals surface area contributed by atoms with E-state index in [2.05, 4.69) is 0 Å². The van der Waals surface area contributed by atoms with Gasteiger partial charge in [-0.1, -0.05) is 18.2 Å². The van der Waals surface area contributed by atoms with Gasteiger partial charge < -0.3 is 15.4 Å². The first-order valence-electron chi connectivity index (χ1n) is 10.5. The summed E-state index contributed by atoms with van der Waals surface area (Å²) in [4.78, 5) is 30.8. The molecule has 2 heterocycles. The number of hydrogen-bond acceptors (Lipinski definition) is 4. The Labute approximate surface area is 185 Å². The van der Waals surface area contributed by atoms with E-state index in [9.17, 15) is 14.0 Å². The molecule has 0 saturated carbocycles. The Hall–Kier alpha value is -3.74. The molecule has 2 amide bonds. The third-order valence-corrected chi connectivity index (χ3v) is 5.58. The van der Waals surface area contributed by atoms with E-state index in [1.54, 1.807) is 23.1 Å². The molecule has 1 aromatic heterocycles. The fraction of sp³-hybridized carbons (Fsp3) is 0.240. The van der Waals surface area contributed by atoms with Crippen LogP contribution in [0.15, 0.2) is 66.7 Å². The summed E-state index contributed by atoms with van der Waals surface area (Å²) < 4.78 is 18.5. The number of benzene rings is 2. The third-order valence-electron chi connectivity index (χ3n) is 5.58. The molecule has 1 saturated heterocycles. The van der Waals surface area contributed by atoms with Crippen molar-refractivity contribution in [1.29, 1.82) is 0 Å². The molecule has 2 aromatic carbocycles. The summed E-state index contributed by atoms with van der Waals surface area (Å²) >= 11 is 0. The summed E-state index contributed by atoms with van der Waals surface area (Å²) in [5, 5.41) is 0. The standard InChI is InChI=1S/C25H24FN3O3/c26-20-9-11-21(12-10-20)32-16-24(30)29-13-3-6-19(15-29)23-8-2-7-22(28-23)17-4-1-5-18(14-17)25(27)31/h1-2,4-5,7-12,14,19H,3,6,13,15-16H2,(H2,27,31)/t19-/m0/s1. The van der Waals surface area contributed by atoms with E-state index in [1.807, 2.05) is 24.3 Å². The number of rotatable bonds is 6. The van der Waals surface area contributed by atoms with Crippen LogP contribution >= 0.6 is 0 Å². The van der Waals surface area contributed by atoms with Crippen LogP contribution in [0.4, 0.5) is 4.39 Å². The zero-order valence-corrected chi connectivity index (χ0v) is 17.5. The lowest BCUT2D eigenvalue weighted by Crippen LogP contribution is -2.41. The maximum Gasteiger partial charge on any atom is 0.260 e. The highest BCUT2D eigenvalue weighted by atomic mass is 19.1. The van der Waals surface area contributed by atoms with Crippen LogP contribution in [-0.2, 0) is 4.79 Å². The molecule has 1 aliphatic rings. The van der Waals surface area contributed by atoms with Crippen molar-refractivity contribution >= 4 is 11.8 Å². The van der Waals surface area contributed by atoms with Crippen molar-refractivity contribution in [1.82, 2.24) is 9.88 Å². The molecule has 0 bridgehead atoms. The lowest BCUT2D eigenvalue weighted by molar-refractivity contribution is -0.134. The number of hydrogen-bond donors (Lipinski definition) is 1. The van der Waals surface area contributed by atoms with E-state index in [1.165, 1.54) is 24.3 Å². The summed E-state index contributed by atoms with van der Waals surface area (Å²) in [6.45, 7) is 1.14. The van der Waals surface area contributed by atoms with Crippen LogP contribution in [0.2, 0.25) is 0 Å². The van der Waals surface area contributed by atoms with Crippen molar-refractivity contribution in [3.05, 3.63) is 83.8 Å². The van der Waals surface area contributed by atoms with E-state index < -0.39 is 5.91 Å². The summed E-state index contributed by atoms with van der Waals surface area (Å²) in [7, 11) is 0. The topological polar surface area (TPSA) is 85.5 Å². The number of nitrogens with zero attached hydrogens (tertiary/aromatic N) is 2. The van der Waals surface area contributed by atoms with E-state index in [0.717, 1.165) is 29.8 Å². The van der Waals surface area contributed by atoms with Crippen LogP contribution in [0.5, 0.6) is 5.75 Å². The van der Waals surface area contributed by atoms with Crippen LogP contribution in [0.25, 0.3) is 11.3 Å². The number of carbonyl (C=O) groups is 2. The molecule has 7 heteroatoms. The first-order chi connectivity index (χ1) is 15.5. The quantitative estimate of drug-likeness (QED) is 0.641. The minimum Gasteiger partial charge on any atom is -0.484 e. The van der Waals surface area contributed by atoms with Gasteiger partial charge in [-0.3, -0.25) is 14.6 Å². The SMILES string of the molecule is NC(=O)c1cccc(-c2cccc([C@H]3CCCN(C(=O)COc4ccc(F)cc4)C3)n2)c1. The lowest BCUT2D eigenvalue weighted by atomic mass is 9.93. The van der Waals surface area contributed by atoms with E-state index >= 15 is 0 Å². The highest BCUT2D eigenvalue weighted by Gasteiger charge is 2.26. The lowest BCUT2D eigenvalue weighted by Gasteiger charge is -2.32. The van der Waals surface area contributed by atoms with Crippen LogP contribution in [0.1, 0.15) is 34.8 Å². The van der Waals surface area contributed by atoms with Crippen LogP contribution in [0, 0.1) is 5.82 Å². The Bertz CT molecular complexity index is 1120. The van der Waals surface area contributed by atoms with E-state index in [4.69, 9.17) is 15.5 Å². The van der Waals surface area contributed by atoms with E-state index in [0.29, 0.717) is 24.4 Å². The molecule has 6 nitrogen and oxygen atoms in total. The van der Waals surface area contributed by atoms with Crippen molar-refractivity contribution in [2.75, 3.05) is 19.7 Å². The van der Waals surface area contributed by atoms with Gasteiger partial charge in [-0.2, -0.15) is 0 Å². The zero-order valence-electron chi connectivity index (χ0n) is 17.5. The Kier molecular flexibility index (Phi) is 6.44. The smallest absolute Gasteiger partial charge is 0.260 e. The third kappa shape index (κ3) is 5.11. The predicted octanol–water partition coefficient (Wildman–Crippen LogP) is 3.77. The molecule has 0 unspecified atom stereocenters. The molecule has 4 rings (SSSR count). The number of piperidine rings is 1. The normalized spacial score (nSPS) is 15.9. The fourth-order valence-corrected chi connectivity index (χ4v) is 3.88. The Morgan fingerprint density at radius 1 is 1.09 bits per heavy atom. The van der Waals surface area contributed by atoms with Crippen molar-refractivity contribution in [3.8, 4) is 17.0 Å². The number of primary amides is 1. The first kappa shape index (κ1) is 21.5. The minimum absolute atomic E-state index is 0.0915. The number of pyridine rings is 1. The van der Waals surface area contributed by atoms with Gasteiger partial charge >= 0.3 is 0 Å². The summed E-state index contributed by atoms with van der Waals surface area (Å²) in [5.74, 6) is -0.367. The molecule has 0 spiro atoms. The fourth-order valence-electron chi connectivity index (χ4n) is 3.88. The number of aromatic nitrogens is 1. The maximum absolute atomic E-state index is 13.0. The van der Waals surface area contributed by atoms with Gasteiger partial charge in [0.15, 0.2) is 6.61 Å². The van der Waals surface area contributed by atoms with Gasteiger partial charge in [0.05, 0.1) is 5.69 Å². The minimum atomic E-state index is -0.479. The van der Waals surface area contributed by atoms with Gasteiger partial charge in [-0.05, 0) is 61.4 Å². The van der Waals surface area contributed by atoms with Gasteiger partial charge in [0.1, 0.15) is 11.6 Å². The second-order valence-corrected chi connectivity index (χ2v) is 7.81. The summed E-state index contributed by atoms with van der Waals surface area (Å²) in [6, 6.07) is 18.5. The molecule has 1 aliphatic heterocycles. The number of ether oxygens (including phenoxy) is 1. The molecule has 1 atom stereocenters. The molecule has 32 heavy (non-hydrogen) atoms.